The second kappa shape index (κ2) is 13.2. The summed E-state index contributed by atoms with van der Waals surface area (Å²) in [5.74, 6) is -0.406. The molecule has 0 unspecified atom stereocenters. The first-order chi connectivity index (χ1) is 15.8. The van der Waals surface area contributed by atoms with E-state index < -0.39 is 31.7 Å². The molecule has 0 bridgehead atoms. The van der Waals surface area contributed by atoms with Crippen LogP contribution < -0.4 is 5.32 Å². The van der Waals surface area contributed by atoms with Gasteiger partial charge < -0.3 is 34.0 Å². The largest absolute Gasteiger partial charge is 0.465 e. The van der Waals surface area contributed by atoms with Crippen molar-refractivity contribution in [2.75, 3.05) is 45.6 Å². The maximum Gasteiger partial charge on any atom is 0.408 e. The van der Waals surface area contributed by atoms with E-state index >= 15 is 0 Å². The molecule has 1 atom stereocenters. The number of hydrogen-bond donors (Lipinski definition) is 2. The Morgan fingerprint density at radius 2 is 1.61 bits per heavy atom. The smallest absolute Gasteiger partial charge is 0.408 e. The van der Waals surface area contributed by atoms with Crippen LogP contribution in [0.1, 0.15) is 25.8 Å². The minimum absolute atomic E-state index is 0.00962. The van der Waals surface area contributed by atoms with Crippen LogP contribution in [-0.2, 0) is 29.8 Å². The summed E-state index contributed by atoms with van der Waals surface area (Å²) in [4.78, 5) is 39.4. The van der Waals surface area contributed by atoms with Crippen molar-refractivity contribution in [2.24, 2.45) is 0 Å². The fourth-order valence-electron chi connectivity index (χ4n) is 3.35. The zero-order valence-electron chi connectivity index (χ0n) is 19.0. The van der Waals surface area contributed by atoms with Gasteiger partial charge in [0, 0.05) is 26.2 Å². The average molecular weight is 485 g/mol. The number of amides is 3. The Kier molecular flexibility index (Phi) is 10.6. The topological polar surface area (TPSA) is 135 Å². The number of alkyl carbamates (subject to hydrolysis) is 1. The highest BCUT2D eigenvalue weighted by Crippen LogP contribution is 2.48. The van der Waals surface area contributed by atoms with Crippen LogP contribution in [0.3, 0.4) is 0 Å². The fourth-order valence-corrected chi connectivity index (χ4v) is 5.04. The van der Waals surface area contributed by atoms with Gasteiger partial charge in [0.1, 0.15) is 12.6 Å². The van der Waals surface area contributed by atoms with Crippen LogP contribution in [0.25, 0.3) is 0 Å². The Balaban J connectivity index is 2.04. The summed E-state index contributed by atoms with van der Waals surface area (Å²) < 4.78 is 28.7. The molecule has 0 aromatic heterocycles. The van der Waals surface area contributed by atoms with Crippen LogP contribution in [0.15, 0.2) is 30.3 Å². The quantitative estimate of drug-likeness (QED) is 0.457. The van der Waals surface area contributed by atoms with E-state index in [0.717, 1.165) is 5.56 Å². The minimum atomic E-state index is -3.43. The summed E-state index contributed by atoms with van der Waals surface area (Å²) in [7, 11) is -3.43. The molecule has 2 rings (SSSR count). The van der Waals surface area contributed by atoms with Crippen molar-refractivity contribution < 1.29 is 37.8 Å². The van der Waals surface area contributed by atoms with Crippen LogP contribution in [0.5, 0.6) is 0 Å². The van der Waals surface area contributed by atoms with Gasteiger partial charge in [-0.3, -0.25) is 9.36 Å². The van der Waals surface area contributed by atoms with Crippen molar-refractivity contribution in [2.45, 2.75) is 32.9 Å². The van der Waals surface area contributed by atoms with Gasteiger partial charge in [0.2, 0.25) is 5.91 Å². The third kappa shape index (κ3) is 8.68. The first-order valence-electron chi connectivity index (χ1n) is 10.9. The molecule has 1 fully saturated rings. The molecule has 0 spiro atoms. The van der Waals surface area contributed by atoms with Gasteiger partial charge in [-0.2, -0.15) is 0 Å². The molecule has 0 aliphatic carbocycles. The monoisotopic (exact) mass is 485 g/mol. The highest BCUT2D eigenvalue weighted by molar-refractivity contribution is 7.53. The number of carboxylic acid groups (broad SMARTS) is 1. The SMILES string of the molecule is CCOP(=O)(CC[C@@H](NC(=O)OCc1ccccc1)C(=O)N1CCN(C(=O)O)CC1)OCC. The third-order valence-corrected chi connectivity index (χ3v) is 7.12. The minimum Gasteiger partial charge on any atom is -0.465 e. The lowest BCUT2D eigenvalue weighted by Gasteiger charge is -2.35. The number of nitrogens with zero attached hydrogens (tertiary/aromatic N) is 2. The Bertz CT molecular complexity index is 820. The number of carbonyl (C=O) groups excluding carboxylic acids is 2. The van der Waals surface area contributed by atoms with Crippen LogP contribution in [0.2, 0.25) is 0 Å². The molecule has 33 heavy (non-hydrogen) atoms. The molecule has 1 aromatic carbocycles. The Labute approximate surface area is 193 Å². The Hall–Kier alpha value is -2.62. The zero-order chi connectivity index (χ0) is 24.3. The molecule has 2 N–H and O–H groups in total. The molecule has 3 amide bonds. The van der Waals surface area contributed by atoms with Crippen LogP contribution in [0, 0.1) is 0 Å². The summed E-state index contributed by atoms with van der Waals surface area (Å²) in [5.41, 5.74) is 0.789. The van der Waals surface area contributed by atoms with E-state index in [1.54, 1.807) is 26.0 Å². The van der Waals surface area contributed by atoms with E-state index in [1.165, 1.54) is 9.80 Å². The van der Waals surface area contributed by atoms with E-state index in [2.05, 4.69) is 5.32 Å². The summed E-state index contributed by atoms with van der Waals surface area (Å²) in [6.45, 7) is 4.49. The molecular formula is C21H32N3O8P. The number of nitrogens with one attached hydrogen (secondary N) is 1. The standard InChI is InChI=1S/C21H32N3O8P/c1-3-31-33(29,32-4-2)15-10-18(19(25)23-11-13-24(14-12-23)21(27)28)22-20(26)30-16-17-8-6-5-7-9-17/h5-9,18H,3-4,10-16H2,1-2H3,(H,22,26)(H,27,28)/t18-/m1/s1. The Morgan fingerprint density at radius 1 is 1.03 bits per heavy atom. The maximum atomic E-state index is 13.1. The molecule has 11 nitrogen and oxygen atoms in total. The van der Waals surface area contributed by atoms with Gasteiger partial charge in [-0.1, -0.05) is 30.3 Å². The van der Waals surface area contributed by atoms with Crippen LogP contribution in [0.4, 0.5) is 9.59 Å². The van der Waals surface area contributed by atoms with Crippen molar-refractivity contribution in [1.29, 1.82) is 0 Å². The molecule has 0 radical (unpaired) electrons. The van der Waals surface area contributed by atoms with Gasteiger partial charge in [0.25, 0.3) is 0 Å². The molecule has 12 heteroatoms. The first kappa shape index (κ1) is 26.6. The molecule has 1 heterocycles. The lowest BCUT2D eigenvalue weighted by atomic mass is 10.1. The maximum absolute atomic E-state index is 13.1. The molecule has 1 saturated heterocycles. The van der Waals surface area contributed by atoms with Gasteiger partial charge in [-0.25, -0.2) is 9.59 Å². The van der Waals surface area contributed by atoms with Crippen molar-refractivity contribution in [3.8, 4) is 0 Å². The van der Waals surface area contributed by atoms with Crippen molar-refractivity contribution in [3.63, 3.8) is 0 Å². The van der Waals surface area contributed by atoms with Gasteiger partial charge in [0.05, 0.1) is 19.4 Å². The van der Waals surface area contributed by atoms with Crippen molar-refractivity contribution in [1.82, 2.24) is 15.1 Å². The molecule has 0 saturated carbocycles. The summed E-state index contributed by atoms with van der Waals surface area (Å²) in [6.07, 6.45) is -1.89. The van der Waals surface area contributed by atoms with Crippen molar-refractivity contribution >= 4 is 25.7 Å². The predicted octanol–water partition coefficient (Wildman–Crippen LogP) is 2.76. The van der Waals surface area contributed by atoms with Crippen molar-refractivity contribution in [3.05, 3.63) is 35.9 Å². The summed E-state index contributed by atoms with van der Waals surface area (Å²) in [6, 6.07) is 8.06. The highest BCUT2D eigenvalue weighted by atomic mass is 31.2. The lowest BCUT2D eigenvalue weighted by Crippen LogP contribution is -2.55. The van der Waals surface area contributed by atoms with Gasteiger partial charge in [-0.05, 0) is 25.8 Å². The predicted molar refractivity (Wildman–Crippen MR) is 120 cm³/mol. The Morgan fingerprint density at radius 3 is 2.15 bits per heavy atom. The molecular weight excluding hydrogens is 453 g/mol. The highest BCUT2D eigenvalue weighted by Gasteiger charge is 2.33. The van der Waals surface area contributed by atoms with Crippen LogP contribution >= 0.6 is 7.60 Å². The lowest BCUT2D eigenvalue weighted by molar-refractivity contribution is -0.135. The first-order valence-corrected chi connectivity index (χ1v) is 12.6. The number of piperazine rings is 1. The van der Waals surface area contributed by atoms with E-state index in [4.69, 9.17) is 18.9 Å². The number of rotatable bonds is 11. The van der Waals surface area contributed by atoms with E-state index in [9.17, 15) is 18.9 Å². The fraction of sp³-hybridized carbons (Fsp3) is 0.571. The van der Waals surface area contributed by atoms with Crippen LogP contribution in [-0.4, -0.2) is 84.6 Å². The number of hydrogen-bond acceptors (Lipinski definition) is 7. The number of ether oxygens (including phenoxy) is 1. The zero-order valence-corrected chi connectivity index (χ0v) is 19.9. The molecule has 1 aromatic rings. The van der Waals surface area contributed by atoms with E-state index in [-0.39, 0.29) is 58.6 Å². The van der Waals surface area contributed by atoms with Gasteiger partial charge in [-0.15, -0.1) is 0 Å². The normalized spacial score (nSPS) is 15.1. The molecule has 1 aliphatic rings. The second-order valence-electron chi connectivity index (χ2n) is 7.31. The summed E-state index contributed by atoms with van der Waals surface area (Å²) in [5, 5.41) is 11.7. The summed E-state index contributed by atoms with van der Waals surface area (Å²) >= 11 is 0. The number of benzene rings is 1. The average Bonchev–Trinajstić information content (AvgIpc) is 2.81. The number of carbonyl (C=O) groups is 3. The molecule has 1 aliphatic heterocycles. The third-order valence-electron chi connectivity index (χ3n) is 5.01. The van der Waals surface area contributed by atoms with E-state index in [0.29, 0.717) is 0 Å². The second-order valence-corrected chi connectivity index (χ2v) is 9.50. The molecule has 184 valence electrons. The van der Waals surface area contributed by atoms with Gasteiger partial charge >= 0.3 is 19.8 Å². The van der Waals surface area contributed by atoms with Gasteiger partial charge in [0.15, 0.2) is 0 Å². The van der Waals surface area contributed by atoms with E-state index in [1.807, 2.05) is 18.2 Å².